The number of nitrogens with zero attached hydrogens (tertiary/aromatic N) is 2. The van der Waals surface area contributed by atoms with Crippen LogP contribution in [0.5, 0.6) is 0 Å². The first-order chi connectivity index (χ1) is 7.94. The summed E-state index contributed by atoms with van der Waals surface area (Å²) in [4.78, 5) is 0. The summed E-state index contributed by atoms with van der Waals surface area (Å²) in [5.74, 6) is 0. The van der Waals surface area contributed by atoms with Crippen LogP contribution in [0.25, 0.3) is 10.6 Å². The molecule has 1 N–H and O–H groups in total. The van der Waals surface area contributed by atoms with E-state index in [1.165, 1.54) is 8.45 Å². The van der Waals surface area contributed by atoms with E-state index in [0.717, 1.165) is 16.6 Å². The normalized spacial score (nSPS) is 12.0. The van der Waals surface area contributed by atoms with Crippen molar-refractivity contribution in [1.29, 1.82) is 0 Å². The van der Waals surface area contributed by atoms with Crippen molar-refractivity contribution in [3.05, 3.63) is 19.3 Å². The summed E-state index contributed by atoms with van der Waals surface area (Å²) in [6.07, 6.45) is 0. The smallest absolute Gasteiger partial charge is 0.148 e. The van der Waals surface area contributed by atoms with Crippen molar-refractivity contribution in [2.45, 2.75) is 32.9 Å². The third-order valence-electron chi connectivity index (χ3n) is 2.05. The lowest BCUT2D eigenvalue weighted by atomic mass is 10.1. The average Bonchev–Trinajstić information content (AvgIpc) is 2.81. The number of aromatic nitrogens is 2. The van der Waals surface area contributed by atoms with Crippen molar-refractivity contribution in [2.24, 2.45) is 0 Å². The Morgan fingerprint density at radius 3 is 2.71 bits per heavy atom. The molecule has 2 aromatic heterocycles. The van der Waals surface area contributed by atoms with Crippen molar-refractivity contribution < 1.29 is 0 Å². The molecule has 6 heteroatoms. The molecule has 2 heterocycles. The standard InChI is InChI=1S/C11H14IN3S2/c1-11(2,3)13-5-9-14-15-10(17-9)7-4-8(12)16-6-7/h4,6,13H,5H2,1-3H3. The molecule has 0 saturated heterocycles. The zero-order chi connectivity index (χ0) is 12.5. The van der Waals surface area contributed by atoms with Crippen LogP contribution in [0.2, 0.25) is 0 Å². The number of thiophene rings is 1. The predicted molar refractivity (Wildman–Crippen MR) is 82.5 cm³/mol. The van der Waals surface area contributed by atoms with Gasteiger partial charge in [0.1, 0.15) is 10.0 Å². The van der Waals surface area contributed by atoms with Crippen LogP contribution < -0.4 is 5.32 Å². The fraction of sp³-hybridized carbons (Fsp3) is 0.455. The fourth-order valence-electron chi connectivity index (χ4n) is 1.20. The van der Waals surface area contributed by atoms with Crippen LogP contribution in [0, 0.1) is 2.88 Å². The number of nitrogens with one attached hydrogen (secondary N) is 1. The van der Waals surface area contributed by atoms with Crippen LogP contribution in [0.15, 0.2) is 11.4 Å². The Hall–Kier alpha value is -0.0500. The Labute approximate surface area is 123 Å². The minimum absolute atomic E-state index is 0.115. The molecule has 2 rings (SSSR count). The largest absolute Gasteiger partial charge is 0.306 e. The first-order valence-electron chi connectivity index (χ1n) is 5.26. The van der Waals surface area contributed by atoms with Gasteiger partial charge in [0.05, 0.1) is 9.43 Å². The van der Waals surface area contributed by atoms with E-state index in [0.29, 0.717) is 0 Å². The molecule has 0 saturated carbocycles. The molecule has 0 aliphatic carbocycles. The topological polar surface area (TPSA) is 37.8 Å². The second-order valence-electron chi connectivity index (χ2n) is 4.74. The van der Waals surface area contributed by atoms with Gasteiger partial charge in [-0.15, -0.1) is 21.5 Å². The molecule has 0 aromatic carbocycles. The van der Waals surface area contributed by atoms with Gasteiger partial charge in [-0.3, -0.25) is 0 Å². The maximum Gasteiger partial charge on any atom is 0.148 e. The van der Waals surface area contributed by atoms with E-state index in [2.05, 4.69) is 70.3 Å². The van der Waals surface area contributed by atoms with E-state index in [4.69, 9.17) is 0 Å². The van der Waals surface area contributed by atoms with Crippen molar-refractivity contribution in [2.75, 3.05) is 0 Å². The van der Waals surface area contributed by atoms with Crippen LogP contribution in [0.3, 0.4) is 0 Å². The van der Waals surface area contributed by atoms with E-state index in [1.807, 2.05) is 0 Å². The van der Waals surface area contributed by atoms with E-state index >= 15 is 0 Å². The number of halogens is 1. The lowest BCUT2D eigenvalue weighted by Crippen LogP contribution is -2.35. The predicted octanol–water partition coefficient (Wildman–Crippen LogP) is 3.76. The van der Waals surface area contributed by atoms with Gasteiger partial charge in [-0.1, -0.05) is 11.3 Å². The Bertz CT molecular complexity index is 499. The zero-order valence-electron chi connectivity index (χ0n) is 9.95. The molecular weight excluding hydrogens is 365 g/mol. The highest BCUT2D eigenvalue weighted by Gasteiger charge is 2.12. The highest BCUT2D eigenvalue weighted by Crippen LogP contribution is 2.28. The third kappa shape index (κ3) is 3.97. The van der Waals surface area contributed by atoms with Crippen LogP contribution >= 0.6 is 45.3 Å². The van der Waals surface area contributed by atoms with Gasteiger partial charge in [-0.05, 0) is 49.4 Å². The van der Waals surface area contributed by atoms with Crippen LogP contribution in [0.4, 0.5) is 0 Å². The molecule has 0 bridgehead atoms. The SMILES string of the molecule is CC(C)(C)NCc1nnc(-c2csc(I)c2)s1. The molecular formula is C11H14IN3S2. The second-order valence-corrected chi connectivity index (χ2v) is 8.61. The van der Waals surface area contributed by atoms with Gasteiger partial charge in [0.25, 0.3) is 0 Å². The van der Waals surface area contributed by atoms with Gasteiger partial charge >= 0.3 is 0 Å². The van der Waals surface area contributed by atoms with Gasteiger partial charge in [-0.2, -0.15) is 0 Å². The summed E-state index contributed by atoms with van der Waals surface area (Å²) in [6, 6.07) is 2.15. The second kappa shape index (κ2) is 5.29. The molecule has 0 spiro atoms. The summed E-state index contributed by atoms with van der Waals surface area (Å²) >= 11 is 5.72. The summed E-state index contributed by atoms with van der Waals surface area (Å²) in [5, 5.41) is 16.0. The van der Waals surface area contributed by atoms with Gasteiger partial charge in [0.2, 0.25) is 0 Å². The molecule has 0 aliphatic heterocycles. The first-order valence-corrected chi connectivity index (χ1v) is 8.03. The number of hydrogen-bond acceptors (Lipinski definition) is 5. The first kappa shape index (κ1) is 13.4. The fourth-order valence-corrected chi connectivity index (χ4v) is 3.38. The molecule has 0 atom stereocenters. The minimum atomic E-state index is 0.115. The Morgan fingerprint density at radius 1 is 1.35 bits per heavy atom. The van der Waals surface area contributed by atoms with Crippen LogP contribution in [0.1, 0.15) is 25.8 Å². The maximum absolute atomic E-state index is 4.23. The number of rotatable bonds is 3. The lowest BCUT2D eigenvalue weighted by molar-refractivity contribution is 0.423. The monoisotopic (exact) mass is 379 g/mol. The molecule has 0 fully saturated rings. The Kier molecular flexibility index (Phi) is 4.17. The molecule has 0 unspecified atom stereocenters. The van der Waals surface area contributed by atoms with E-state index < -0.39 is 0 Å². The van der Waals surface area contributed by atoms with E-state index in [-0.39, 0.29) is 5.54 Å². The highest BCUT2D eigenvalue weighted by molar-refractivity contribution is 14.1. The van der Waals surface area contributed by atoms with Gasteiger partial charge < -0.3 is 5.32 Å². The quantitative estimate of drug-likeness (QED) is 0.826. The highest BCUT2D eigenvalue weighted by atomic mass is 127. The zero-order valence-corrected chi connectivity index (χ0v) is 13.7. The number of hydrogen-bond donors (Lipinski definition) is 1. The van der Waals surface area contributed by atoms with Crippen molar-refractivity contribution in [3.63, 3.8) is 0 Å². The summed E-state index contributed by atoms with van der Waals surface area (Å²) in [7, 11) is 0. The third-order valence-corrected chi connectivity index (χ3v) is 4.81. The molecule has 0 radical (unpaired) electrons. The van der Waals surface area contributed by atoms with Gasteiger partial charge in [-0.25, -0.2) is 0 Å². The van der Waals surface area contributed by atoms with Crippen molar-refractivity contribution in [1.82, 2.24) is 15.5 Å². The van der Waals surface area contributed by atoms with Crippen molar-refractivity contribution in [3.8, 4) is 10.6 Å². The maximum atomic E-state index is 4.23. The molecule has 0 aliphatic rings. The molecule has 0 amide bonds. The molecule has 3 nitrogen and oxygen atoms in total. The Balaban J connectivity index is 2.06. The minimum Gasteiger partial charge on any atom is -0.306 e. The van der Waals surface area contributed by atoms with E-state index in [9.17, 15) is 0 Å². The molecule has 2 aromatic rings. The van der Waals surface area contributed by atoms with Gasteiger partial charge in [0.15, 0.2) is 0 Å². The summed E-state index contributed by atoms with van der Waals surface area (Å²) < 4.78 is 1.28. The average molecular weight is 379 g/mol. The Morgan fingerprint density at radius 2 is 2.12 bits per heavy atom. The molecule has 92 valence electrons. The van der Waals surface area contributed by atoms with Crippen LogP contribution in [-0.4, -0.2) is 15.7 Å². The summed E-state index contributed by atoms with van der Waals surface area (Å²) in [5.41, 5.74) is 1.29. The van der Waals surface area contributed by atoms with Crippen LogP contribution in [-0.2, 0) is 6.54 Å². The summed E-state index contributed by atoms with van der Waals surface area (Å²) in [6.45, 7) is 7.23. The van der Waals surface area contributed by atoms with Crippen molar-refractivity contribution >= 4 is 45.3 Å². The lowest BCUT2D eigenvalue weighted by Gasteiger charge is -2.19. The van der Waals surface area contributed by atoms with E-state index in [1.54, 1.807) is 22.7 Å². The van der Waals surface area contributed by atoms with Gasteiger partial charge in [0, 0.05) is 16.5 Å². The molecule has 17 heavy (non-hydrogen) atoms.